The van der Waals surface area contributed by atoms with Gasteiger partial charge in [-0.15, -0.1) is 0 Å². The monoisotopic (exact) mass is 1220 g/mol. The van der Waals surface area contributed by atoms with E-state index in [1.54, 1.807) is 0 Å². The van der Waals surface area contributed by atoms with E-state index in [0.717, 1.165) is 109 Å². The zero-order chi connectivity index (χ0) is 63.3. The fourth-order valence-electron chi connectivity index (χ4n) is 10.3. The lowest BCUT2D eigenvalue weighted by atomic mass is 10.0. The van der Waals surface area contributed by atoms with Gasteiger partial charge in [-0.25, -0.2) is 4.79 Å². The van der Waals surface area contributed by atoms with Crippen LogP contribution in [0.25, 0.3) is 0 Å². The molecule has 0 aromatic rings. The maximum Gasteiger partial charge on any atom is 0.361 e. The van der Waals surface area contributed by atoms with E-state index in [1.165, 1.54) is 180 Å². The lowest BCUT2D eigenvalue weighted by Crippen LogP contribution is -2.40. The van der Waals surface area contributed by atoms with Crippen molar-refractivity contribution in [2.24, 2.45) is 0 Å². The lowest BCUT2D eigenvalue weighted by Gasteiger charge is -2.25. The van der Waals surface area contributed by atoms with Crippen LogP contribution in [0, 0.1) is 0 Å². The predicted molar refractivity (Wildman–Crippen MR) is 373 cm³/mol. The predicted octanol–water partition coefficient (Wildman–Crippen LogP) is 22.8. The number of hydrogen-bond donors (Lipinski definition) is 1. The first kappa shape index (κ1) is 83.2. The summed E-state index contributed by atoms with van der Waals surface area (Å²) < 4.78 is 23.0. The first-order chi connectivity index (χ1) is 42.6. The molecule has 1 N–H and O–H groups in total. The first-order valence-corrected chi connectivity index (χ1v) is 36.4. The Morgan fingerprint density at radius 3 is 0.977 bits per heavy atom. The Hall–Kier alpha value is -3.79. The molecule has 0 aliphatic heterocycles. The highest BCUT2D eigenvalue weighted by molar-refractivity contribution is 5.71. The highest BCUT2D eigenvalue weighted by atomic mass is 16.7. The third-order valence-corrected chi connectivity index (χ3v) is 15.9. The molecule has 0 heterocycles. The van der Waals surface area contributed by atoms with Gasteiger partial charge in [-0.05, 0) is 77.0 Å². The Balaban J connectivity index is 4.13. The molecule has 0 amide bonds. The SMILES string of the molecule is CC/C=C\C/C=C\C/C=C\C/C=C\C/C=C\C/C=C\C/C=C\C/C=C\CCCCCCCCC(=O)OC(COC(=O)CCCCCCCCCCCCCCCCCCCCCCCCCCCCCCCCC)COC(OCC[N+](C)(C)C)C(=O)O. The second-order valence-corrected chi connectivity index (χ2v) is 25.5. The first-order valence-electron chi connectivity index (χ1n) is 36.4. The number of carboxylic acid groups (broad SMARTS) is 1. The van der Waals surface area contributed by atoms with Gasteiger partial charge in [0.15, 0.2) is 6.10 Å². The van der Waals surface area contributed by atoms with Gasteiger partial charge in [0.1, 0.15) is 13.2 Å². The largest absolute Gasteiger partial charge is 0.477 e. The average Bonchev–Trinajstić information content (AvgIpc) is 3.56. The molecule has 0 radical (unpaired) electrons. The van der Waals surface area contributed by atoms with Crippen LogP contribution in [-0.2, 0) is 33.3 Å². The van der Waals surface area contributed by atoms with Crippen LogP contribution in [0.5, 0.6) is 0 Å². The molecule has 0 rings (SSSR count). The van der Waals surface area contributed by atoms with E-state index in [9.17, 15) is 19.5 Å². The van der Waals surface area contributed by atoms with Crippen molar-refractivity contribution in [2.75, 3.05) is 47.5 Å². The summed E-state index contributed by atoms with van der Waals surface area (Å²) in [7, 11) is 5.97. The molecular formula is C78H138NO8+. The number of ether oxygens (including phenoxy) is 4. The fourth-order valence-corrected chi connectivity index (χ4v) is 10.3. The zero-order valence-electron chi connectivity index (χ0n) is 57.4. The molecule has 2 atom stereocenters. The highest BCUT2D eigenvalue weighted by Crippen LogP contribution is 2.18. The number of aliphatic carboxylic acids is 1. The van der Waals surface area contributed by atoms with Gasteiger partial charge in [0.05, 0.1) is 34.4 Å². The molecule has 0 aromatic heterocycles. The molecule has 0 saturated heterocycles. The van der Waals surface area contributed by atoms with Crippen LogP contribution in [0.1, 0.15) is 322 Å². The Morgan fingerprint density at radius 2 is 0.655 bits per heavy atom. The molecule has 0 aliphatic carbocycles. The summed E-state index contributed by atoms with van der Waals surface area (Å²) in [5, 5.41) is 9.75. The zero-order valence-corrected chi connectivity index (χ0v) is 57.4. The highest BCUT2D eigenvalue weighted by Gasteiger charge is 2.25. The van der Waals surface area contributed by atoms with Crippen molar-refractivity contribution in [3.8, 4) is 0 Å². The molecule has 9 heteroatoms. The number of quaternary nitrogens is 1. The van der Waals surface area contributed by atoms with Crippen molar-refractivity contribution in [1.29, 1.82) is 0 Å². The number of carbonyl (C=O) groups is 3. The number of unbranched alkanes of at least 4 members (excludes halogenated alkanes) is 36. The number of hydrogen-bond acceptors (Lipinski definition) is 7. The number of rotatable bonds is 67. The van der Waals surface area contributed by atoms with Crippen LogP contribution in [0.15, 0.2) is 97.2 Å². The molecule has 502 valence electrons. The minimum atomic E-state index is -1.52. The molecule has 0 aromatic carbocycles. The van der Waals surface area contributed by atoms with E-state index in [-0.39, 0.29) is 32.2 Å². The van der Waals surface area contributed by atoms with Crippen molar-refractivity contribution < 1.29 is 42.9 Å². The van der Waals surface area contributed by atoms with E-state index in [1.807, 2.05) is 21.1 Å². The van der Waals surface area contributed by atoms with Gasteiger partial charge in [0.2, 0.25) is 0 Å². The number of likely N-dealkylation sites (N-methyl/N-ethyl adjacent to an activating group) is 1. The molecule has 0 spiro atoms. The van der Waals surface area contributed by atoms with Crippen LogP contribution >= 0.6 is 0 Å². The summed E-state index contributed by atoms with van der Waals surface area (Å²) in [4.78, 5) is 37.7. The van der Waals surface area contributed by atoms with E-state index in [0.29, 0.717) is 23.9 Å². The molecule has 0 saturated carbocycles. The van der Waals surface area contributed by atoms with E-state index in [2.05, 4.69) is 111 Å². The van der Waals surface area contributed by atoms with Crippen LogP contribution in [0.3, 0.4) is 0 Å². The molecule has 87 heavy (non-hydrogen) atoms. The van der Waals surface area contributed by atoms with Crippen molar-refractivity contribution in [3.63, 3.8) is 0 Å². The van der Waals surface area contributed by atoms with Crippen molar-refractivity contribution >= 4 is 17.9 Å². The molecule has 9 nitrogen and oxygen atoms in total. The van der Waals surface area contributed by atoms with Crippen LogP contribution < -0.4 is 0 Å². The number of carboxylic acids is 1. The molecule has 2 unspecified atom stereocenters. The summed E-state index contributed by atoms with van der Waals surface area (Å²) in [5.41, 5.74) is 0. The molecule has 0 aliphatic rings. The molecule has 0 fully saturated rings. The average molecular weight is 1220 g/mol. The van der Waals surface area contributed by atoms with Gasteiger partial charge in [0.25, 0.3) is 6.29 Å². The van der Waals surface area contributed by atoms with Gasteiger partial charge in [-0.2, -0.15) is 0 Å². The van der Waals surface area contributed by atoms with Gasteiger partial charge in [-0.3, -0.25) is 9.59 Å². The third-order valence-electron chi connectivity index (χ3n) is 15.9. The Kier molecular flexibility index (Phi) is 65.2. The van der Waals surface area contributed by atoms with Crippen LogP contribution in [0.2, 0.25) is 0 Å². The summed E-state index contributed by atoms with van der Waals surface area (Å²) >= 11 is 0. The van der Waals surface area contributed by atoms with E-state index in [4.69, 9.17) is 18.9 Å². The number of allylic oxidation sites excluding steroid dienone is 16. The lowest BCUT2D eigenvalue weighted by molar-refractivity contribution is -0.870. The number of nitrogens with zero attached hydrogens (tertiary/aromatic N) is 1. The van der Waals surface area contributed by atoms with E-state index >= 15 is 0 Å². The third kappa shape index (κ3) is 69.5. The second-order valence-electron chi connectivity index (χ2n) is 25.5. The second kappa shape index (κ2) is 68.1. The van der Waals surface area contributed by atoms with Crippen LogP contribution in [-0.4, -0.2) is 87.4 Å². The van der Waals surface area contributed by atoms with Crippen molar-refractivity contribution in [3.05, 3.63) is 97.2 Å². The van der Waals surface area contributed by atoms with Gasteiger partial charge in [-0.1, -0.05) is 329 Å². The minimum Gasteiger partial charge on any atom is -0.477 e. The van der Waals surface area contributed by atoms with Gasteiger partial charge >= 0.3 is 17.9 Å². The van der Waals surface area contributed by atoms with Crippen molar-refractivity contribution in [2.45, 2.75) is 334 Å². The molecule has 0 bridgehead atoms. The fraction of sp³-hybridized carbons (Fsp3) is 0.756. The summed E-state index contributed by atoms with van der Waals surface area (Å²) in [6, 6.07) is 0. The Labute approximate surface area is 537 Å². The summed E-state index contributed by atoms with van der Waals surface area (Å²) in [6.45, 7) is 4.78. The number of carbonyl (C=O) groups excluding carboxylic acids is 2. The normalized spacial score (nSPS) is 13.3. The van der Waals surface area contributed by atoms with E-state index < -0.39 is 24.3 Å². The summed E-state index contributed by atoms with van der Waals surface area (Å²) in [6.07, 6.45) is 91.0. The molecular weight excluding hydrogens is 1080 g/mol. The maximum absolute atomic E-state index is 12.9. The minimum absolute atomic E-state index is 0.181. The van der Waals surface area contributed by atoms with Gasteiger partial charge < -0.3 is 28.5 Å². The standard InChI is InChI=1S/C78H137NO8/c1-6-8-10-12-14-16-18-20-22-24-26-28-30-32-34-36-38-40-42-44-46-48-50-52-54-56-58-60-62-64-66-68-75(80)85-72-74(73-86-78(77(82)83)84-71-70-79(3,4)5)87-76(81)69-67-65-63-61-59-57-55-53-51-49-47-45-43-41-39-37-35-33-31-29-27-25-23-21-19-17-15-13-11-9-7-2/h9,11,15,17,21,23,27,29,33,35,39,41,45,47,51,53,74,78H,6-8,10,12-14,16,18-20,22,24-26,28,30-32,34,36-38,40,42-44,46,48-50,52,54-73H2,1-5H3/p+1/b11-9-,17-15-,23-21-,29-27-,35-33-,41-39-,47-45-,53-51-. The quantitative estimate of drug-likeness (QED) is 0.0211. The Morgan fingerprint density at radius 1 is 0.356 bits per heavy atom. The van der Waals surface area contributed by atoms with Gasteiger partial charge in [0, 0.05) is 12.8 Å². The topological polar surface area (TPSA) is 108 Å². The van der Waals surface area contributed by atoms with Crippen molar-refractivity contribution in [1.82, 2.24) is 0 Å². The summed E-state index contributed by atoms with van der Waals surface area (Å²) in [5.74, 6) is -2.02. The number of esters is 2. The maximum atomic E-state index is 12.9. The Bertz CT molecular complexity index is 1750. The van der Waals surface area contributed by atoms with Crippen LogP contribution in [0.4, 0.5) is 0 Å². The smallest absolute Gasteiger partial charge is 0.361 e.